The number of hydrogen-bond acceptors (Lipinski definition) is 3. The highest BCUT2D eigenvalue weighted by Gasteiger charge is 2.29. The number of hydrogen-bond donors (Lipinski definition) is 2. The molecule has 0 bridgehead atoms. The van der Waals surface area contributed by atoms with E-state index in [9.17, 15) is 14.4 Å². The van der Waals surface area contributed by atoms with Gasteiger partial charge in [0.05, 0.1) is 0 Å². The number of likely N-dealkylation sites (tertiary alicyclic amines) is 1. The van der Waals surface area contributed by atoms with Crippen molar-refractivity contribution in [2.24, 2.45) is 11.8 Å². The molecular weight excluding hydrogens is 368 g/mol. The van der Waals surface area contributed by atoms with Gasteiger partial charge in [-0.2, -0.15) is 0 Å². The number of aryl methyl sites for hydroxylation is 1. The molecule has 2 fully saturated rings. The van der Waals surface area contributed by atoms with Crippen LogP contribution in [0.2, 0.25) is 0 Å². The van der Waals surface area contributed by atoms with E-state index in [4.69, 9.17) is 0 Å². The molecule has 2 aliphatic rings. The average Bonchev–Trinajstić information content (AvgIpc) is 3.12. The summed E-state index contributed by atoms with van der Waals surface area (Å²) in [6.45, 7) is 10.6. The molecule has 0 aliphatic carbocycles. The fraction of sp³-hybridized carbons (Fsp3) is 0.591. The van der Waals surface area contributed by atoms with Crippen LogP contribution in [0.5, 0.6) is 0 Å². The van der Waals surface area contributed by atoms with Gasteiger partial charge in [0.2, 0.25) is 5.91 Å². The first kappa shape index (κ1) is 21.1. The minimum atomic E-state index is -0.0979. The molecule has 7 nitrogen and oxygen atoms in total. The second-order valence-electron chi connectivity index (χ2n) is 8.49. The summed E-state index contributed by atoms with van der Waals surface area (Å²) in [5.74, 6) is 0.457. The molecule has 4 amide bonds. The Hall–Kier alpha value is -2.57. The zero-order valence-corrected chi connectivity index (χ0v) is 17.8. The summed E-state index contributed by atoms with van der Waals surface area (Å²) in [5.41, 5.74) is 2.37. The van der Waals surface area contributed by atoms with Crippen molar-refractivity contribution >= 4 is 23.5 Å². The summed E-state index contributed by atoms with van der Waals surface area (Å²) in [7, 11) is 0. The van der Waals surface area contributed by atoms with Gasteiger partial charge in [0.25, 0.3) is 5.91 Å². The standard InChI is InChI=1S/C22H32N4O3/c1-14(2)16(4)24-20(27)17-7-10-25(11-8-17)21(28)18-5-6-19(15(3)13-18)26-12-9-23-22(26)29/h5-6,13-14,16-17H,7-12H2,1-4H3,(H,23,29)(H,24,27). The number of urea groups is 1. The molecule has 1 atom stereocenters. The minimum absolute atomic E-state index is 0.0140. The highest BCUT2D eigenvalue weighted by molar-refractivity contribution is 5.98. The van der Waals surface area contributed by atoms with Crippen LogP contribution in [0, 0.1) is 18.8 Å². The topological polar surface area (TPSA) is 81.8 Å². The minimum Gasteiger partial charge on any atom is -0.353 e. The molecule has 0 spiro atoms. The monoisotopic (exact) mass is 400 g/mol. The van der Waals surface area contributed by atoms with E-state index >= 15 is 0 Å². The maximum absolute atomic E-state index is 12.9. The molecule has 3 rings (SSSR count). The third-order valence-electron chi connectivity index (χ3n) is 6.11. The number of amides is 4. The van der Waals surface area contributed by atoms with Gasteiger partial charge >= 0.3 is 6.03 Å². The van der Waals surface area contributed by atoms with Gasteiger partial charge in [-0.1, -0.05) is 13.8 Å². The van der Waals surface area contributed by atoms with Crippen molar-refractivity contribution in [2.75, 3.05) is 31.1 Å². The van der Waals surface area contributed by atoms with Gasteiger partial charge in [0.1, 0.15) is 0 Å². The number of nitrogens with one attached hydrogen (secondary N) is 2. The summed E-state index contributed by atoms with van der Waals surface area (Å²) in [4.78, 5) is 40.8. The molecule has 1 unspecified atom stereocenters. The number of benzene rings is 1. The number of anilines is 1. The highest BCUT2D eigenvalue weighted by atomic mass is 16.2. The SMILES string of the molecule is Cc1cc(C(=O)N2CCC(C(=O)NC(C)C(C)C)CC2)ccc1N1CCNC1=O. The van der Waals surface area contributed by atoms with Crippen LogP contribution < -0.4 is 15.5 Å². The Labute approximate surface area is 172 Å². The van der Waals surface area contributed by atoms with Crippen LogP contribution in [-0.2, 0) is 4.79 Å². The van der Waals surface area contributed by atoms with Crippen LogP contribution in [0.3, 0.4) is 0 Å². The summed E-state index contributed by atoms with van der Waals surface area (Å²) >= 11 is 0. The molecule has 2 aliphatic heterocycles. The van der Waals surface area contributed by atoms with Gasteiger partial charge in [-0.05, 0) is 56.4 Å². The van der Waals surface area contributed by atoms with Gasteiger partial charge in [-0.15, -0.1) is 0 Å². The smallest absolute Gasteiger partial charge is 0.322 e. The lowest BCUT2D eigenvalue weighted by molar-refractivity contribution is -0.127. The molecule has 0 saturated carbocycles. The van der Waals surface area contributed by atoms with Crippen LogP contribution in [0.15, 0.2) is 18.2 Å². The summed E-state index contributed by atoms with van der Waals surface area (Å²) in [6.07, 6.45) is 1.38. The largest absolute Gasteiger partial charge is 0.353 e. The summed E-state index contributed by atoms with van der Waals surface area (Å²) < 4.78 is 0. The predicted molar refractivity (Wildman–Crippen MR) is 113 cm³/mol. The van der Waals surface area contributed by atoms with E-state index in [1.54, 1.807) is 11.0 Å². The first-order valence-electron chi connectivity index (χ1n) is 10.5. The Morgan fingerprint density at radius 3 is 2.38 bits per heavy atom. The summed E-state index contributed by atoms with van der Waals surface area (Å²) in [5, 5.41) is 5.88. The third kappa shape index (κ3) is 4.71. The Kier molecular flexibility index (Phi) is 6.45. The lowest BCUT2D eigenvalue weighted by atomic mass is 9.94. The van der Waals surface area contributed by atoms with Gasteiger partial charge in [-0.25, -0.2) is 4.79 Å². The molecular formula is C22H32N4O3. The molecule has 2 saturated heterocycles. The molecule has 0 aromatic heterocycles. The first-order valence-corrected chi connectivity index (χ1v) is 10.5. The van der Waals surface area contributed by atoms with E-state index in [0.717, 1.165) is 11.3 Å². The van der Waals surface area contributed by atoms with E-state index in [1.165, 1.54) is 0 Å². The lowest BCUT2D eigenvalue weighted by Gasteiger charge is -2.32. The first-order chi connectivity index (χ1) is 13.8. The van der Waals surface area contributed by atoms with E-state index in [-0.39, 0.29) is 29.8 Å². The highest BCUT2D eigenvalue weighted by Crippen LogP contribution is 2.25. The van der Waals surface area contributed by atoms with E-state index < -0.39 is 0 Å². The Morgan fingerprint density at radius 2 is 1.83 bits per heavy atom. The van der Waals surface area contributed by atoms with Gasteiger partial charge in [-0.3, -0.25) is 14.5 Å². The van der Waals surface area contributed by atoms with Gasteiger partial charge in [0, 0.05) is 49.4 Å². The molecule has 2 heterocycles. The average molecular weight is 401 g/mol. The maximum atomic E-state index is 12.9. The Bertz CT molecular complexity index is 784. The number of nitrogens with zero attached hydrogens (tertiary/aromatic N) is 2. The normalized spacial score (nSPS) is 18.7. The fourth-order valence-electron chi connectivity index (χ4n) is 3.83. The number of rotatable bonds is 5. The van der Waals surface area contributed by atoms with Crippen molar-refractivity contribution < 1.29 is 14.4 Å². The second kappa shape index (κ2) is 8.84. The quantitative estimate of drug-likeness (QED) is 0.797. The van der Waals surface area contributed by atoms with E-state index in [1.807, 2.05) is 30.9 Å². The lowest BCUT2D eigenvalue weighted by Crippen LogP contribution is -2.45. The fourth-order valence-corrected chi connectivity index (χ4v) is 3.83. The van der Waals surface area contributed by atoms with Crippen LogP contribution in [0.1, 0.15) is 49.5 Å². The predicted octanol–water partition coefficient (Wildman–Crippen LogP) is 2.54. The Balaban J connectivity index is 1.59. The molecule has 1 aromatic carbocycles. The van der Waals surface area contributed by atoms with Crippen LogP contribution in [-0.4, -0.2) is 55.0 Å². The molecule has 29 heavy (non-hydrogen) atoms. The zero-order chi connectivity index (χ0) is 21.1. The van der Waals surface area contributed by atoms with Crippen LogP contribution in [0.25, 0.3) is 0 Å². The zero-order valence-electron chi connectivity index (χ0n) is 17.8. The van der Waals surface area contributed by atoms with Crippen LogP contribution >= 0.6 is 0 Å². The molecule has 158 valence electrons. The maximum Gasteiger partial charge on any atom is 0.322 e. The number of piperidine rings is 1. The van der Waals surface area contributed by atoms with Gasteiger partial charge in [0.15, 0.2) is 0 Å². The van der Waals surface area contributed by atoms with E-state index in [2.05, 4.69) is 24.5 Å². The van der Waals surface area contributed by atoms with Crippen molar-refractivity contribution in [1.82, 2.24) is 15.5 Å². The summed E-state index contributed by atoms with van der Waals surface area (Å²) in [6, 6.07) is 5.55. The van der Waals surface area contributed by atoms with E-state index in [0.29, 0.717) is 50.5 Å². The van der Waals surface area contributed by atoms with Crippen LogP contribution in [0.4, 0.5) is 10.5 Å². The number of carbonyl (C=O) groups is 3. The molecule has 7 heteroatoms. The molecule has 0 radical (unpaired) electrons. The second-order valence-corrected chi connectivity index (χ2v) is 8.49. The molecule has 1 aromatic rings. The van der Waals surface area contributed by atoms with Crippen molar-refractivity contribution in [1.29, 1.82) is 0 Å². The Morgan fingerprint density at radius 1 is 1.14 bits per heavy atom. The van der Waals surface area contributed by atoms with Crippen molar-refractivity contribution in [3.8, 4) is 0 Å². The van der Waals surface area contributed by atoms with Crippen molar-refractivity contribution in [2.45, 2.75) is 46.6 Å². The van der Waals surface area contributed by atoms with Crippen molar-refractivity contribution in [3.05, 3.63) is 29.3 Å². The number of carbonyl (C=O) groups excluding carboxylic acids is 3. The third-order valence-corrected chi connectivity index (χ3v) is 6.11. The molecule has 2 N–H and O–H groups in total. The van der Waals surface area contributed by atoms with Crippen molar-refractivity contribution in [3.63, 3.8) is 0 Å². The van der Waals surface area contributed by atoms with Gasteiger partial charge < -0.3 is 15.5 Å².